The van der Waals surface area contributed by atoms with Gasteiger partial charge in [-0.15, -0.1) is 11.7 Å². The average molecular weight is 238 g/mol. The number of hydrogen-bond acceptors (Lipinski definition) is 4. The van der Waals surface area contributed by atoms with Crippen molar-refractivity contribution in [1.82, 2.24) is 20.3 Å². The van der Waals surface area contributed by atoms with E-state index in [1.54, 1.807) is 11.8 Å². The quantitative estimate of drug-likeness (QED) is 0.537. The van der Waals surface area contributed by atoms with Crippen molar-refractivity contribution in [1.29, 1.82) is 0 Å². The minimum atomic E-state index is -0.0101. The van der Waals surface area contributed by atoms with Crippen molar-refractivity contribution in [2.24, 2.45) is 12.5 Å². The zero-order chi connectivity index (χ0) is 12.7. The Bertz CT molecular complexity index is 350. The Morgan fingerprint density at radius 3 is 2.94 bits per heavy atom. The van der Waals surface area contributed by atoms with E-state index in [4.69, 9.17) is 4.74 Å². The first kappa shape index (κ1) is 13.9. The first-order valence-electron chi connectivity index (χ1n) is 5.78. The summed E-state index contributed by atoms with van der Waals surface area (Å²) in [5.41, 5.74) is 0.979. The first-order valence-corrected chi connectivity index (χ1v) is 5.78. The molecule has 0 aromatic carbocycles. The smallest absolute Gasteiger partial charge is 0.0836 e. The van der Waals surface area contributed by atoms with Crippen LogP contribution in [-0.2, 0) is 18.2 Å². The molecule has 0 aliphatic rings. The van der Waals surface area contributed by atoms with Gasteiger partial charge in [0.1, 0.15) is 0 Å². The Morgan fingerprint density at radius 2 is 2.41 bits per heavy atom. The summed E-state index contributed by atoms with van der Waals surface area (Å²) in [6, 6.07) is 0. The molecule has 0 aliphatic carbocycles. The van der Waals surface area contributed by atoms with Gasteiger partial charge in [-0.3, -0.25) is 4.68 Å². The molecule has 1 aromatic heterocycles. The van der Waals surface area contributed by atoms with Gasteiger partial charge in [-0.2, -0.15) is 0 Å². The largest absolute Gasteiger partial charge is 0.383 e. The Balaban J connectivity index is 2.47. The fourth-order valence-corrected chi connectivity index (χ4v) is 1.65. The van der Waals surface area contributed by atoms with Crippen LogP contribution in [0.5, 0.6) is 0 Å². The molecule has 0 bridgehead atoms. The molecule has 0 radical (unpaired) electrons. The van der Waals surface area contributed by atoms with Crippen LogP contribution in [-0.4, -0.2) is 41.8 Å². The number of nitrogens with zero attached hydrogens (tertiary/aromatic N) is 3. The predicted molar refractivity (Wildman–Crippen MR) is 67.8 cm³/mol. The molecular weight excluding hydrogens is 216 g/mol. The lowest BCUT2D eigenvalue weighted by molar-refractivity contribution is 0.195. The molecule has 0 aliphatic heterocycles. The van der Waals surface area contributed by atoms with E-state index in [9.17, 15) is 0 Å². The summed E-state index contributed by atoms with van der Waals surface area (Å²) in [4.78, 5) is 0. The van der Waals surface area contributed by atoms with Gasteiger partial charge in [-0.1, -0.05) is 18.2 Å². The molecule has 17 heavy (non-hydrogen) atoms. The van der Waals surface area contributed by atoms with Crippen molar-refractivity contribution in [3.63, 3.8) is 0 Å². The van der Waals surface area contributed by atoms with Gasteiger partial charge in [-0.05, 0) is 0 Å². The molecular formula is C12H22N4O. The van der Waals surface area contributed by atoms with Gasteiger partial charge in [0.25, 0.3) is 0 Å². The van der Waals surface area contributed by atoms with Crippen LogP contribution in [0.1, 0.15) is 12.6 Å². The SMILES string of the molecule is C=CC(C)(CNCCOC)Cc1cn(C)nn1. The molecule has 0 spiro atoms. The Labute approximate surface area is 103 Å². The van der Waals surface area contributed by atoms with E-state index in [0.717, 1.165) is 31.8 Å². The number of methoxy groups -OCH3 is 1. The van der Waals surface area contributed by atoms with Gasteiger partial charge in [0.15, 0.2) is 0 Å². The van der Waals surface area contributed by atoms with Crippen LogP contribution in [0.2, 0.25) is 0 Å². The van der Waals surface area contributed by atoms with Gasteiger partial charge in [0.05, 0.1) is 12.3 Å². The van der Waals surface area contributed by atoms with E-state index in [0.29, 0.717) is 0 Å². The molecule has 0 fully saturated rings. The highest BCUT2D eigenvalue weighted by Gasteiger charge is 2.21. The number of aromatic nitrogens is 3. The van der Waals surface area contributed by atoms with Crippen LogP contribution < -0.4 is 5.32 Å². The maximum atomic E-state index is 5.00. The van der Waals surface area contributed by atoms with Gasteiger partial charge in [-0.25, -0.2) is 0 Å². The highest BCUT2D eigenvalue weighted by atomic mass is 16.5. The number of nitrogens with one attached hydrogen (secondary N) is 1. The Hall–Kier alpha value is -1.20. The summed E-state index contributed by atoms with van der Waals surface area (Å²) in [6.07, 6.45) is 4.75. The lowest BCUT2D eigenvalue weighted by Crippen LogP contribution is -2.33. The lowest BCUT2D eigenvalue weighted by atomic mass is 9.85. The molecule has 1 aromatic rings. The molecule has 1 heterocycles. The van der Waals surface area contributed by atoms with Crippen LogP contribution in [0.15, 0.2) is 18.9 Å². The zero-order valence-electron chi connectivity index (χ0n) is 10.9. The van der Waals surface area contributed by atoms with Crippen molar-refractivity contribution < 1.29 is 4.74 Å². The standard InChI is InChI=1S/C12H22N4O/c1-5-12(2,10-13-6-7-17-4)8-11-9-16(3)15-14-11/h5,9,13H,1,6-8,10H2,2-4H3. The molecule has 5 nitrogen and oxygen atoms in total. The Kier molecular flexibility index (Phi) is 5.31. The van der Waals surface area contributed by atoms with E-state index in [2.05, 4.69) is 29.1 Å². The summed E-state index contributed by atoms with van der Waals surface area (Å²) in [7, 11) is 3.58. The molecule has 1 atom stereocenters. The third-order valence-corrected chi connectivity index (χ3v) is 2.74. The van der Waals surface area contributed by atoms with Gasteiger partial charge >= 0.3 is 0 Å². The summed E-state index contributed by atoms with van der Waals surface area (Å²) in [5.74, 6) is 0. The molecule has 0 amide bonds. The minimum Gasteiger partial charge on any atom is -0.383 e. The molecule has 0 saturated carbocycles. The normalized spacial score (nSPS) is 14.5. The summed E-state index contributed by atoms with van der Waals surface area (Å²) in [5, 5.41) is 11.4. The molecule has 5 heteroatoms. The van der Waals surface area contributed by atoms with Crippen molar-refractivity contribution in [3.05, 3.63) is 24.5 Å². The highest BCUT2D eigenvalue weighted by Crippen LogP contribution is 2.21. The van der Waals surface area contributed by atoms with E-state index >= 15 is 0 Å². The third-order valence-electron chi connectivity index (χ3n) is 2.74. The van der Waals surface area contributed by atoms with E-state index in [-0.39, 0.29) is 5.41 Å². The average Bonchev–Trinajstić information content (AvgIpc) is 2.70. The molecule has 1 rings (SSSR count). The Morgan fingerprint density at radius 1 is 1.65 bits per heavy atom. The number of ether oxygens (including phenoxy) is 1. The van der Waals surface area contributed by atoms with E-state index < -0.39 is 0 Å². The number of rotatable bonds is 8. The fraction of sp³-hybridized carbons (Fsp3) is 0.667. The number of hydrogen-bond donors (Lipinski definition) is 1. The monoisotopic (exact) mass is 238 g/mol. The topological polar surface area (TPSA) is 52.0 Å². The summed E-state index contributed by atoms with van der Waals surface area (Å²) >= 11 is 0. The fourth-order valence-electron chi connectivity index (χ4n) is 1.65. The van der Waals surface area contributed by atoms with Gasteiger partial charge in [0.2, 0.25) is 0 Å². The molecule has 1 N–H and O–H groups in total. The summed E-state index contributed by atoms with van der Waals surface area (Å²) in [6.45, 7) is 8.50. The van der Waals surface area contributed by atoms with Crippen LogP contribution >= 0.6 is 0 Å². The minimum absolute atomic E-state index is 0.0101. The molecule has 1 unspecified atom stereocenters. The van der Waals surface area contributed by atoms with Crippen LogP contribution in [0.3, 0.4) is 0 Å². The van der Waals surface area contributed by atoms with Crippen LogP contribution in [0.4, 0.5) is 0 Å². The molecule has 0 saturated heterocycles. The predicted octanol–water partition coefficient (Wildman–Crippen LogP) is 0.786. The third kappa shape index (κ3) is 4.66. The van der Waals surface area contributed by atoms with E-state index in [1.807, 2.05) is 19.3 Å². The second-order valence-corrected chi connectivity index (χ2v) is 4.59. The number of aryl methyl sites for hydroxylation is 1. The molecule has 96 valence electrons. The van der Waals surface area contributed by atoms with Crippen LogP contribution in [0, 0.1) is 5.41 Å². The van der Waals surface area contributed by atoms with Crippen molar-refractivity contribution in [3.8, 4) is 0 Å². The zero-order valence-corrected chi connectivity index (χ0v) is 10.9. The van der Waals surface area contributed by atoms with Crippen LogP contribution in [0.25, 0.3) is 0 Å². The van der Waals surface area contributed by atoms with E-state index in [1.165, 1.54) is 0 Å². The van der Waals surface area contributed by atoms with Crippen molar-refractivity contribution in [2.45, 2.75) is 13.3 Å². The van der Waals surface area contributed by atoms with Crippen molar-refractivity contribution in [2.75, 3.05) is 26.8 Å². The lowest BCUT2D eigenvalue weighted by Gasteiger charge is -2.25. The second-order valence-electron chi connectivity index (χ2n) is 4.59. The van der Waals surface area contributed by atoms with Gasteiger partial charge in [0, 0.05) is 45.3 Å². The highest BCUT2D eigenvalue weighted by molar-refractivity contribution is 5.04. The maximum Gasteiger partial charge on any atom is 0.0836 e. The maximum absolute atomic E-state index is 5.00. The summed E-state index contributed by atoms with van der Waals surface area (Å²) < 4.78 is 6.72. The first-order chi connectivity index (χ1) is 8.09. The van der Waals surface area contributed by atoms with Gasteiger partial charge < -0.3 is 10.1 Å². The van der Waals surface area contributed by atoms with Crippen molar-refractivity contribution >= 4 is 0 Å². The second kappa shape index (κ2) is 6.51.